The lowest BCUT2D eigenvalue weighted by atomic mass is 9.98. The largest absolute Gasteiger partial charge is 0.481 e. The number of para-hydroxylation sites is 1. The fraction of sp³-hybridized carbons (Fsp3) is 0.259. The van der Waals surface area contributed by atoms with Gasteiger partial charge in [0, 0.05) is 16.9 Å². The van der Waals surface area contributed by atoms with Gasteiger partial charge in [-0.25, -0.2) is 0 Å². The first-order chi connectivity index (χ1) is 16.6. The minimum absolute atomic E-state index is 0.0332. The van der Waals surface area contributed by atoms with Crippen molar-refractivity contribution in [2.45, 2.75) is 45.4 Å². The number of hydrogen-bond acceptors (Lipinski definition) is 3. The lowest BCUT2D eigenvalue weighted by molar-refractivity contribution is -0.137. The van der Waals surface area contributed by atoms with Crippen LogP contribution < -0.4 is 15.4 Å². The van der Waals surface area contributed by atoms with Crippen molar-refractivity contribution in [1.82, 2.24) is 0 Å². The molecule has 2 unspecified atom stereocenters. The van der Waals surface area contributed by atoms with E-state index in [0.29, 0.717) is 11.4 Å². The summed E-state index contributed by atoms with van der Waals surface area (Å²) in [6.07, 6.45) is -4.32. The zero-order valence-corrected chi connectivity index (χ0v) is 19.6. The first-order valence-electron chi connectivity index (χ1n) is 11.2. The van der Waals surface area contributed by atoms with Crippen molar-refractivity contribution in [1.29, 1.82) is 0 Å². The lowest BCUT2D eigenvalue weighted by Gasteiger charge is -2.19. The Labute approximate surface area is 202 Å². The number of benzene rings is 3. The van der Waals surface area contributed by atoms with Crippen LogP contribution >= 0.6 is 0 Å². The molecule has 0 radical (unpaired) electrons. The fourth-order valence-corrected chi connectivity index (χ4v) is 3.38. The predicted molar refractivity (Wildman–Crippen MR) is 130 cm³/mol. The van der Waals surface area contributed by atoms with Gasteiger partial charge in [-0.15, -0.1) is 0 Å². The summed E-state index contributed by atoms with van der Waals surface area (Å²) < 4.78 is 44.5. The van der Waals surface area contributed by atoms with E-state index in [-0.39, 0.29) is 23.1 Å². The molecular weight excluding hydrogens is 457 g/mol. The minimum Gasteiger partial charge on any atom is -0.481 e. The van der Waals surface area contributed by atoms with Crippen LogP contribution in [0.3, 0.4) is 0 Å². The third-order valence-corrected chi connectivity index (χ3v) is 5.60. The van der Waals surface area contributed by atoms with Gasteiger partial charge in [0.25, 0.3) is 11.8 Å². The second-order valence-electron chi connectivity index (χ2n) is 8.21. The number of carbonyl (C=O) groups excluding carboxylic acids is 2. The van der Waals surface area contributed by atoms with Gasteiger partial charge in [-0.1, -0.05) is 38.1 Å². The van der Waals surface area contributed by atoms with Gasteiger partial charge < -0.3 is 15.4 Å². The van der Waals surface area contributed by atoms with Gasteiger partial charge in [0.2, 0.25) is 0 Å². The van der Waals surface area contributed by atoms with E-state index in [1.807, 2.05) is 24.3 Å². The molecule has 2 N–H and O–H groups in total. The van der Waals surface area contributed by atoms with Gasteiger partial charge in [-0.2, -0.15) is 13.2 Å². The highest BCUT2D eigenvalue weighted by Crippen LogP contribution is 2.31. The molecule has 2 atom stereocenters. The molecule has 0 aliphatic heterocycles. The van der Waals surface area contributed by atoms with Crippen LogP contribution in [-0.2, 0) is 11.0 Å². The van der Waals surface area contributed by atoms with E-state index < -0.39 is 23.8 Å². The Hall–Kier alpha value is -3.81. The third-order valence-electron chi connectivity index (χ3n) is 5.60. The standard InChI is InChI=1S/C27H27F3N2O3/c1-4-17(2)23-10-5-6-11-24(23)35-18(3)25(33)31-21-14-12-19(13-15-21)26(34)32-22-9-7-8-20(16-22)27(28,29)30/h5-18H,4H2,1-3H3,(H,31,33)(H,32,34). The molecule has 0 spiro atoms. The predicted octanol–water partition coefficient (Wildman–Crippen LogP) is 6.88. The second-order valence-corrected chi connectivity index (χ2v) is 8.21. The summed E-state index contributed by atoms with van der Waals surface area (Å²) in [6.45, 7) is 5.83. The average molecular weight is 485 g/mol. The highest BCUT2D eigenvalue weighted by atomic mass is 19.4. The summed E-state index contributed by atoms with van der Waals surface area (Å²) >= 11 is 0. The zero-order valence-electron chi connectivity index (χ0n) is 19.6. The zero-order chi connectivity index (χ0) is 25.6. The van der Waals surface area contributed by atoms with E-state index in [2.05, 4.69) is 24.5 Å². The topological polar surface area (TPSA) is 67.4 Å². The Morgan fingerprint density at radius 1 is 0.886 bits per heavy atom. The maximum atomic E-state index is 12.9. The highest BCUT2D eigenvalue weighted by molar-refractivity contribution is 6.04. The number of hydrogen-bond donors (Lipinski definition) is 2. The maximum Gasteiger partial charge on any atom is 0.416 e. The first kappa shape index (κ1) is 25.8. The number of carbonyl (C=O) groups is 2. The number of ether oxygens (including phenoxy) is 1. The second kappa shape index (κ2) is 11.1. The molecule has 0 heterocycles. The van der Waals surface area contributed by atoms with Crippen LogP contribution in [0, 0.1) is 0 Å². The SMILES string of the molecule is CCC(C)c1ccccc1OC(C)C(=O)Nc1ccc(C(=O)Nc2cccc(C(F)(F)F)c2)cc1. The van der Waals surface area contributed by atoms with Crippen molar-refractivity contribution >= 4 is 23.2 Å². The molecule has 0 aliphatic carbocycles. The van der Waals surface area contributed by atoms with Crippen molar-refractivity contribution in [3.05, 3.63) is 89.5 Å². The van der Waals surface area contributed by atoms with Crippen molar-refractivity contribution in [3.63, 3.8) is 0 Å². The number of nitrogens with one attached hydrogen (secondary N) is 2. The van der Waals surface area contributed by atoms with Gasteiger partial charge in [0.1, 0.15) is 5.75 Å². The Balaban J connectivity index is 1.61. The molecule has 2 amide bonds. The smallest absolute Gasteiger partial charge is 0.416 e. The van der Waals surface area contributed by atoms with Gasteiger partial charge in [0.15, 0.2) is 6.10 Å². The number of amides is 2. The maximum absolute atomic E-state index is 12.9. The van der Waals surface area contributed by atoms with Crippen LogP contribution in [0.4, 0.5) is 24.5 Å². The Kier molecular flexibility index (Phi) is 8.17. The van der Waals surface area contributed by atoms with Crippen LogP contribution in [0.1, 0.15) is 54.6 Å². The number of alkyl halides is 3. The number of anilines is 2. The monoisotopic (exact) mass is 484 g/mol. The Morgan fingerprint density at radius 3 is 2.23 bits per heavy atom. The lowest BCUT2D eigenvalue weighted by Crippen LogP contribution is -2.30. The van der Waals surface area contributed by atoms with Crippen LogP contribution in [-0.4, -0.2) is 17.9 Å². The van der Waals surface area contributed by atoms with Crippen LogP contribution in [0.2, 0.25) is 0 Å². The fourth-order valence-electron chi connectivity index (χ4n) is 3.38. The molecule has 0 saturated carbocycles. The van der Waals surface area contributed by atoms with Crippen LogP contribution in [0.15, 0.2) is 72.8 Å². The molecule has 0 bridgehead atoms. The number of halogens is 3. The quantitative estimate of drug-likeness (QED) is 0.366. The van der Waals surface area contributed by atoms with Crippen molar-refractivity contribution < 1.29 is 27.5 Å². The van der Waals surface area contributed by atoms with Crippen LogP contribution in [0.25, 0.3) is 0 Å². The molecule has 184 valence electrons. The van der Waals surface area contributed by atoms with Crippen molar-refractivity contribution in [2.24, 2.45) is 0 Å². The summed E-state index contributed by atoms with van der Waals surface area (Å²) in [6, 6.07) is 18.0. The van der Waals surface area contributed by atoms with E-state index >= 15 is 0 Å². The molecule has 35 heavy (non-hydrogen) atoms. The highest BCUT2D eigenvalue weighted by Gasteiger charge is 2.30. The van der Waals surface area contributed by atoms with Gasteiger partial charge >= 0.3 is 6.18 Å². The van der Waals surface area contributed by atoms with Crippen molar-refractivity contribution in [2.75, 3.05) is 10.6 Å². The number of rotatable bonds is 8. The Bertz CT molecular complexity index is 1180. The summed E-state index contributed by atoms with van der Waals surface area (Å²) in [5.74, 6) is 0.0212. The van der Waals surface area contributed by atoms with Crippen molar-refractivity contribution in [3.8, 4) is 5.75 Å². The van der Waals surface area contributed by atoms with E-state index in [1.165, 1.54) is 24.3 Å². The molecule has 3 aromatic rings. The van der Waals surface area contributed by atoms with Gasteiger partial charge in [-0.3, -0.25) is 9.59 Å². The molecule has 8 heteroatoms. The van der Waals surface area contributed by atoms with Crippen LogP contribution in [0.5, 0.6) is 5.75 Å². The van der Waals surface area contributed by atoms with Gasteiger partial charge in [-0.05, 0) is 73.4 Å². The normalized spacial score (nSPS) is 13.0. The molecule has 0 fully saturated rings. The Morgan fingerprint density at radius 2 is 1.57 bits per heavy atom. The summed E-state index contributed by atoms with van der Waals surface area (Å²) in [5, 5.41) is 5.19. The van der Waals surface area contributed by atoms with E-state index in [9.17, 15) is 22.8 Å². The van der Waals surface area contributed by atoms with Gasteiger partial charge in [0.05, 0.1) is 5.56 Å². The molecule has 0 aliphatic rings. The minimum atomic E-state index is -4.50. The van der Waals surface area contributed by atoms with E-state index in [4.69, 9.17) is 4.74 Å². The molecule has 0 saturated heterocycles. The van der Waals surface area contributed by atoms with E-state index in [1.54, 1.807) is 19.1 Å². The first-order valence-corrected chi connectivity index (χ1v) is 11.2. The summed E-state index contributed by atoms with van der Waals surface area (Å²) in [7, 11) is 0. The molecule has 3 aromatic carbocycles. The molecule has 3 rings (SSSR count). The molecular formula is C27H27F3N2O3. The third kappa shape index (κ3) is 6.85. The summed E-state index contributed by atoms with van der Waals surface area (Å²) in [4.78, 5) is 25.1. The summed E-state index contributed by atoms with van der Waals surface area (Å²) in [5.41, 5.74) is 0.900. The van der Waals surface area contributed by atoms with E-state index in [0.717, 1.165) is 24.1 Å². The molecule has 5 nitrogen and oxygen atoms in total. The molecule has 0 aromatic heterocycles. The average Bonchev–Trinajstić information content (AvgIpc) is 2.84.